The van der Waals surface area contributed by atoms with Crippen LogP contribution >= 0.6 is 0 Å². The first kappa shape index (κ1) is 20.4. The number of amides is 1. The molecule has 2 rings (SSSR count). The predicted molar refractivity (Wildman–Crippen MR) is 107 cm³/mol. The number of nitrogens with zero attached hydrogens (tertiary/aromatic N) is 1. The SMILES string of the molecule is CCCNC(=O)c1cccc(CNC(=NCc2cccc(F)c2)NCC)c1. The predicted octanol–water partition coefficient (Wildman–Crippen LogP) is 3.22. The summed E-state index contributed by atoms with van der Waals surface area (Å²) < 4.78 is 13.3. The summed E-state index contributed by atoms with van der Waals surface area (Å²) in [6, 6.07) is 13.9. The Hall–Kier alpha value is -2.89. The molecule has 27 heavy (non-hydrogen) atoms. The van der Waals surface area contributed by atoms with E-state index >= 15 is 0 Å². The van der Waals surface area contributed by atoms with Gasteiger partial charge < -0.3 is 16.0 Å². The highest BCUT2D eigenvalue weighted by atomic mass is 19.1. The Morgan fingerprint density at radius 2 is 1.78 bits per heavy atom. The van der Waals surface area contributed by atoms with Crippen molar-refractivity contribution in [2.75, 3.05) is 13.1 Å². The van der Waals surface area contributed by atoms with Crippen molar-refractivity contribution in [1.29, 1.82) is 0 Å². The molecule has 0 aliphatic carbocycles. The third kappa shape index (κ3) is 7.09. The highest BCUT2D eigenvalue weighted by molar-refractivity contribution is 5.94. The molecule has 3 N–H and O–H groups in total. The highest BCUT2D eigenvalue weighted by Gasteiger charge is 2.06. The van der Waals surface area contributed by atoms with Crippen molar-refractivity contribution in [3.05, 3.63) is 71.0 Å². The minimum absolute atomic E-state index is 0.0645. The molecule has 0 saturated heterocycles. The molecule has 1 amide bonds. The summed E-state index contributed by atoms with van der Waals surface area (Å²) >= 11 is 0. The number of carbonyl (C=O) groups excluding carboxylic acids is 1. The maximum absolute atomic E-state index is 13.3. The van der Waals surface area contributed by atoms with E-state index in [1.54, 1.807) is 12.1 Å². The first-order valence-corrected chi connectivity index (χ1v) is 9.26. The zero-order valence-corrected chi connectivity index (χ0v) is 15.9. The lowest BCUT2D eigenvalue weighted by molar-refractivity contribution is 0.0953. The van der Waals surface area contributed by atoms with E-state index in [0.717, 1.165) is 17.5 Å². The number of nitrogens with one attached hydrogen (secondary N) is 3. The summed E-state index contributed by atoms with van der Waals surface area (Å²) in [5.41, 5.74) is 2.43. The molecule has 5 nitrogen and oxygen atoms in total. The third-order valence-electron chi connectivity index (χ3n) is 3.84. The van der Waals surface area contributed by atoms with Gasteiger partial charge in [0.1, 0.15) is 5.82 Å². The van der Waals surface area contributed by atoms with Crippen molar-refractivity contribution in [1.82, 2.24) is 16.0 Å². The van der Waals surface area contributed by atoms with Gasteiger partial charge in [-0.1, -0.05) is 31.2 Å². The van der Waals surface area contributed by atoms with Gasteiger partial charge in [0.05, 0.1) is 6.54 Å². The number of hydrogen-bond donors (Lipinski definition) is 3. The summed E-state index contributed by atoms with van der Waals surface area (Å²) in [5.74, 6) is 0.312. The first-order chi connectivity index (χ1) is 13.1. The Morgan fingerprint density at radius 1 is 1.00 bits per heavy atom. The fraction of sp³-hybridized carbons (Fsp3) is 0.333. The monoisotopic (exact) mass is 370 g/mol. The third-order valence-corrected chi connectivity index (χ3v) is 3.84. The van der Waals surface area contributed by atoms with Crippen LogP contribution in [0.4, 0.5) is 4.39 Å². The van der Waals surface area contributed by atoms with Gasteiger partial charge in [-0.2, -0.15) is 0 Å². The average molecular weight is 370 g/mol. The van der Waals surface area contributed by atoms with Crippen molar-refractivity contribution in [3.8, 4) is 0 Å². The number of halogens is 1. The summed E-state index contributed by atoms with van der Waals surface area (Å²) in [6.07, 6.45) is 0.904. The number of guanidine groups is 1. The van der Waals surface area contributed by atoms with E-state index < -0.39 is 0 Å². The van der Waals surface area contributed by atoms with Crippen LogP contribution in [0.3, 0.4) is 0 Å². The Kier molecular flexibility index (Phi) is 8.29. The Bertz CT molecular complexity index is 776. The molecule has 0 spiro atoms. The van der Waals surface area contributed by atoms with E-state index in [-0.39, 0.29) is 11.7 Å². The molecule has 0 aliphatic heterocycles. The summed E-state index contributed by atoms with van der Waals surface area (Å²) in [6.45, 7) is 6.30. The fourth-order valence-electron chi connectivity index (χ4n) is 2.50. The molecule has 2 aromatic carbocycles. The molecule has 0 radical (unpaired) electrons. The molecule has 0 saturated carbocycles. The van der Waals surface area contributed by atoms with Gasteiger partial charge in [-0.25, -0.2) is 9.38 Å². The normalized spacial score (nSPS) is 11.1. The van der Waals surface area contributed by atoms with Crippen molar-refractivity contribution in [3.63, 3.8) is 0 Å². The Labute approximate surface area is 160 Å². The maximum Gasteiger partial charge on any atom is 0.251 e. The van der Waals surface area contributed by atoms with Crippen LogP contribution in [-0.2, 0) is 13.1 Å². The van der Waals surface area contributed by atoms with Crippen LogP contribution in [0.2, 0.25) is 0 Å². The molecule has 0 fully saturated rings. The van der Waals surface area contributed by atoms with Gasteiger partial charge in [0.25, 0.3) is 5.91 Å². The minimum Gasteiger partial charge on any atom is -0.357 e. The van der Waals surface area contributed by atoms with Crippen LogP contribution in [0.1, 0.15) is 41.8 Å². The quantitative estimate of drug-likeness (QED) is 0.494. The average Bonchev–Trinajstić information content (AvgIpc) is 2.68. The Balaban J connectivity index is 1.98. The summed E-state index contributed by atoms with van der Waals surface area (Å²) in [4.78, 5) is 16.6. The van der Waals surface area contributed by atoms with Crippen molar-refractivity contribution >= 4 is 11.9 Å². The zero-order chi connectivity index (χ0) is 19.5. The Morgan fingerprint density at radius 3 is 2.52 bits per heavy atom. The molecule has 0 aliphatic rings. The first-order valence-electron chi connectivity index (χ1n) is 9.26. The number of carbonyl (C=O) groups is 1. The molecular formula is C21H27FN4O. The summed E-state index contributed by atoms with van der Waals surface area (Å²) in [7, 11) is 0. The maximum atomic E-state index is 13.3. The molecule has 0 bridgehead atoms. The molecule has 0 unspecified atom stereocenters. The van der Waals surface area contributed by atoms with Gasteiger partial charge in [-0.15, -0.1) is 0 Å². The summed E-state index contributed by atoms with van der Waals surface area (Å²) in [5, 5.41) is 9.29. The zero-order valence-electron chi connectivity index (χ0n) is 15.9. The molecule has 0 heterocycles. The minimum atomic E-state index is -0.265. The van der Waals surface area contributed by atoms with Gasteiger partial charge in [0.2, 0.25) is 0 Å². The van der Waals surface area contributed by atoms with Crippen LogP contribution in [0.25, 0.3) is 0 Å². The highest BCUT2D eigenvalue weighted by Crippen LogP contribution is 2.06. The van der Waals surface area contributed by atoms with E-state index in [1.165, 1.54) is 12.1 Å². The van der Waals surface area contributed by atoms with Crippen molar-refractivity contribution < 1.29 is 9.18 Å². The fourth-order valence-corrected chi connectivity index (χ4v) is 2.50. The largest absolute Gasteiger partial charge is 0.357 e. The lowest BCUT2D eigenvalue weighted by Gasteiger charge is -2.12. The second kappa shape index (κ2) is 11.0. The van der Waals surface area contributed by atoms with E-state index in [9.17, 15) is 9.18 Å². The van der Waals surface area contributed by atoms with E-state index in [0.29, 0.717) is 37.7 Å². The standard InChI is InChI=1S/C21H27FN4O/c1-3-11-24-20(27)18-9-5-7-16(12-18)14-25-21(23-4-2)26-15-17-8-6-10-19(22)13-17/h5-10,12-13H,3-4,11,14-15H2,1-2H3,(H,24,27)(H2,23,25,26). The molecule has 6 heteroatoms. The molecule has 0 aromatic heterocycles. The van der Waals surface area contributed by atoms with Gasteiger partial charge >= 0.3 is 0 Å². The lowest BCUT2D eigenvalue weighted by Crippen LogP contribution is -2.36. The lowest BCUT2D eigenvalue weighted by atomic mass is 10.1. The number of benzene rings is 2. The molecular weight excluding hydrogens is 343 g/mol. The molecule has 2 aromatic rings. The second-order valence-corrected chi connectivity index (χ2v) is 6.13. The smallest absolute Gasteiger partial charge is 0.251 e. The van der Waals surface area contributed by atoms with Crippen molar-refractivity contribution in [2.24, 2.45) is 4.99 Å². The molecule has 0 atom stereocenters. The van der Waals surface area contributed by atoms with Crippen molar-refractivity contribution in [2.45, 2.75) is 33.4 Å². The van der Waals surface area contributed by atoms with Gasteiger partial charge in [-0.05, 0) is 48.7 Å². The van der Waals surface area contributed by atoms with Crippen LogP contribution in [0.5, 0.6) is 0 Å². The van der Waals surface area contributed by atoms with Crippen LogP contribution in [0, 0.1) is 5.82 Å². The van der Waals surface area contributed by atoms with Crippen LogP contribution in [-0.4, -0.2) is 25.0 Å². The van der Waals surface area contributed by atoms with Crippen LogP contribution < -0.4 is 16.0 Å². The number of rotatable bonds is 8. The van der Waals surface area contributed by atoms with Gasteiger partial charge in [-0.3, -0.25) is 4.79 Å². The topological polar surface area (TPSA) is 65.5 Å². The second-order valence-electron chi connectivity index (χ2n) is 6.13. The van der Waals surface area contributed by atoms with Gasteiger partial charge in [0.15, 0.2) is 5.96 Å². The number of hydrogen-bond acceptors (Lipinski definition) is 2. The van der Waals surface area contributed by atoms with E-state index in [2.05, 4.69) is 20.9 Å². The number of aliphatic imine (C=N–C) groups is 1. The van der Waals surface area contributed by atoms with Crippen LogP contribution in [0.15, 0.2) is 53.5 Å². The van der Waals surface area contributed by atoms with Gasteiger partial charge in [0, 0.05) is 25.2 Å². The van der Waals surface area contributed by atoms with E-state index in [1.807, 2.05) is 38.1 Å². The van der Waals surface area contributed by atoms with E-state index in [4.69, 9.17) is 0 Å². The molecule has 144 valence electrons.